The van der Waals surface area contributed by atoms with Crippen LogP contribution in [0.2, 0.25) is 0 Å². The Morgan fingerprint density at radius 2 is 2.10 bits per heavy atom. The largest absolute Gasteiger partial charge is 0.466 e. The predicted octanol–water partition coefficient (Wildman–Crippen LogP) is 2.72. The topological polar surface area (TPSA) is 43.3 Å². The average Bonchev–Trinajstić information content (AvgIpc) is 2.93. The smallest absolute Gasteiger partial charge is 0.308 e. The summed E-state index contributed by atoms with van der Waals surface area (Å²) >= 11 is 0. The van der Waals surface area contributed by atoms with Crippen LogP contribution in [-0.4, -0.2) is 23.2 Å². The first-order chi connectivity index (χ1) is 9.74. The Morgan fingerprint density at radius 1 is 1.35 bits per heavy atom. The van der Waals surface area contributed by atoms with Crippen molar-refractivity contribution >= 4 is 5.97 Å². The monoisotopic (exact) mass is 278 g/mol. The van der Waals surface area contributed by atoms with Gasteiger partial charge in [0.15, 0.2) is 0 Å². The van der Waals surface area contributed by atoms with Crippen molar-refractivity contribution in [3.8, 4) is 0 Å². The maximum atomic E-state index is 11.7. The number of hydrogen-bond donors (Lipinski definition) is 1. The summed E-state index contributed by atoms with van der Waals surface area (Å²) in [6.07, 6.45) is 6.15. The highest BCUT2D eigenvalue weighted by Crippen LogP contribution is 2.25. The maximum Gasteiger partial charge on any atom is 0.308 e. The summed E-state index contributed by atoms with van der Waals surface area (Å²) in [7, 11) is 0. The summed E-state index contributed by atoms with van der Waals surface area (Å²) < 4.78 is 7.36. The molecular formula is C16H26N2O2. The Bertz CT molecular complexity index is 420. The zero-order valence-electron chi connectivity index (χ0n) is 12.6. The molecule has 4 heteroatoms. The summed E-state index contributed by atoms with van der Waals surface area (Å²) in [5.41, 5.74) is 1.33. The van der Waals surface area contributed by atoms with E-state index in [4.69, 9.17) is 4.74 Å². The quantitative estimate of drug-likeness (QED) is 0.814. The van der Waals surface area contributed by atoms with Crippen LogP contribution < -0.4 is 5.32 Å². The van der Waals surface area contributed by atoms with Gasteiger partial charge >= 0.3 is 5.97 Å². The highest BCUT2D eigenvalue weighted by Gasteiger charge is 2.26. The summed E-state index contributed by atoms with van der Waals surface area (Å²) in [4.78, 5) is 11.7. The van der Waals surface area contributed by atoms with Gasteiger partial charge in [0.1, 0.15) is 0 Å². The van der Waals surface area contributed by atoms with Gasteiger partial charge in [0.2, 0.25) is 0 Å². The standard InChI is InChI=1S/C16H26N2O2/c1-3-18-11-5-6-15(18)12-17-14-9-7-13(8-10-14)16(19)20-4-2/h5-6,11,13-14,17H,3-4,7-10,12H2,1-2H3. The van der Waals surface area contributed by atoms with Gasteiger partial charge < -0.3 is 14.6 Å². The maximum absolute atomic E-state index is 11.7. The lowest BCUT2D eigenvalue weighted by Gasteiger charge is -2.28. The van der Waals surface area contributed by atoms with Crippen LogP contribution >= 0.6 is 0 Å². The molecule has 1 N–H and O–H groups in total. The first-order valence-corrected chi connectivity index (χ1v) is 7.78. The van der Waals surface area contributed by atoms with Crippen molar-refractivity contribution in [1.82, 2.24) is 9.88 Å². The van der Waals surface area contributed by atoms with Gasteiger partial charge in [-0.05, 0) is 51.7 Å². The molecule has 0 aliphatic heterocycles. The minimum Gasteiger partial charge on any atom is -0.466 e. The van der Waals surface area contributed by atoms with Gasteiger partial charge in [0.25, 0.3) is 0 Å². The number of esters is 1. The lowest BCUT2D eigenvalue weighted by Crippen LogP contribution is -2.35. The van der Waals surface area contributed by atoms with Crippen LogP contribution in [0, 0.1) is 5.92 Å². The number of hydrogen-bond acceptors (Lipinski definition) is 3. The molecule has 112 valence electrons. The molecular weight excluding hydrogens is 252 g/mol. The molecule has 0 unspecified atom stereocenters. The SMILES string of the molecule is CCOC(=O)C1CCC(NCc2cccn2CC)CC1. The van der Waals surface area contributed by atoms with Gasteiger partial charge in [0.05, 0.1) is 12.5 Å². The third-order valence-electron chi connectivity index (χ3n) is 4.18. The molecule has 0 atom stereocenters. The van der Waals surface area contributed by atoms with Gasteiger partial charge in [-0.25, -0.2) is 0 Å². The van der Waals surface area contributed by atoms with Crippen LogP contribution in [0.3, 0.4) is 0 Å². The second kappa shape index (κ2) is 7.48. The number of ether oxygens (including phenoxy) is 1. The second-order valence-corrected chi connectivity index (χ2v) is 5.47. The highest BCUT2D eigenvalue weighted by atomic mass is 16.5. The van der Waals surface area contributed by atoms with Crippen molar-refractivity contribution in [2.24, 2.45) is 5.92 Å². The normalized spacial score (nSPS) is 22.7. The number of carbonyl (C=O) groups excluding carboxylic acids is 1. The molecule has 0 aromatic carbocycles. The molecule has 4 nitrogen and oxygen atoms in total. The van der Waals surface area contributed by atoms with Crippen LogP contribution in [0.4, 0.5) is 0 Å². The van der Waals surface area contributed by atoms with Crippen LogP contribution in [0.5, 0.6) is 0 Å². The molecule has 0 saturated heterocycles. The van der Waals surface area contributed by atoms with E-state index in [-0.39, 0.29) is 11.9 Å². The van der Waals surface area contributed by atoms with Crippen molar-refractivity contribution in [2.45, 2.75) is 58.7 Å². The van der Waals surface area contributed by atoms with Crippen molar-refractivity contribution in [3.05, 3.63) is 24.0 Å². The van der Waals surface area contributed by atoms with Crippen LogP contribution in [-0.2, 0) is 22.6 Å². The summed E-state index contributed by atoms with van der Waals surface area (Å²) in [5, 5.41) is 3.62. The fraction of sp³-hybridized carbons (Fsp3) is 0.688. The lowest BCUT2D eigenvalue weighted by molar-refractivity contribution is -0.149. The molecule has 1 fully saturated rings. The van der Waals surface area contributed by atoms with E-state index in [0.29, 0.717) is 12.6 Å². The second-order valence-electron chi connectivity index (χ2n) is 5.47. The molecule has 1 aromatic rings. The number of aromatic nitrogens is 1. The third-order valence-corrected chi connectivity index (χ3v) is 4.18. The van der Waals surface area contributed by atoms with Gasteiger partial charge in [0, 0.05) is 31.0 Å². The molecule has 1 aliphatic carbocycles. The van der Waals surface area contributed by atoms with Gasteiger partial charge in [-0.1, -0.05) is 0 Å². The first kappa shape index (κ1) is 15.1. The van der Waals surface area contributed by atoms with E-state index >= 15 is 0 Å². The minimum atomic E-state index is -0.00851. The Balaban J connectivity index is 1.73. The van der Waals surface area contributed by atoms with Crippen LogP contribution in [0.25, 0.3) is 0 Å². The number of aryl methyl sites for hydroxylation is 1. The van der Waals surface area contributed by atoms with E-state index in [0.717, 1.165) is 38.8 Å². The number of carbonyl (C=O) groups is 1. The molecule has 1 saturated carbocycles. The van der Waals surface area contributed by atoms with Crippen molar-refractivity contribution in [1.29, 1.82) is 0 Å². The van der Waals surface area contributed by atoms with Gasteiger partial charge in [-0.2, -0.15) is 0 Å². The summed E-state index contributed by atoms with van der Waals surface area (Å²) in [5.74, 6) is 0.110. The molecule has 0 radical (unpaired) electrons. The van der Waals surface area contributed by atoms with Crippen molar-refractivity contribution < 1.29 is 9.53 Å². The molecule has 0 bridgehead atoms. The Morgan fingerprint density at radius 3 is 2.75 bits per heavy atom. The van der Waals surface area contributed by atoms with Crippen LogP contribution in [0.15, 0.2) is 18.3 Å². The first-order valence-electron chi connectivity index (χ1n) is 7.78. The minimum absolute atomic E-state index is 0.00851. The predicted molar refractivity (Wildman–Crippen MR) is 79.3 cm³/mol. The van der Waals surface area contributed by atoms with E-state index in [1.807, 2.05) is 6.92 Å². The van der Waals surface area contributed by atoms with Gasteiger partial charge in [-0.3, -0.25) is 4.79 Å². The van der Waals surface area contributed by atoms with E-state index in [1.165, 1.54) is 5.69 Å². The zero-order chi connectivity index (χ0) is 14.4. The van der Waals surface area contributed by atoms with Gasteiger partial charge in [-0.15, -0.1) is 0 Å². The van der Waals surface area contributed by atoms with Crippen molar-refractivity contribution in [3.63, 3.8) is 0 Å². The van der Waals surface area contributed by atoms with E-state index in [9.17, 15) is 4.79 Å². The molecule has 2 rings (SSSR count). The molecule has 1 heterocycles. The number of nitrogens with zero attached hydrogens (tertiary/aromatic N) is 1. The number of rotatable bonds is 6. The zero-order valence-corrected chi connectivity index (χ0v) is 12.6. The Kier molecular flexibility index (Phi) is 5.65. The Hall–Kier alpha value is -1.29. The molecule has 20 heavy (non-hydrogen) atoms. The highest BCUT2D eigenvalue weighted by molar-refractivity contribution is 5.72. The fourth-order valence-electron chi connectivity index (χ4n) is 2.96. The fourth-order valence-corrected chi connectivity index (χ4v) is 2.96. The van der Waals surface area contributed by atoms with Crippen molar-refractivity contribution in [2.75, 3.05) is 6.61 Å². The van der Waals surface area contributed by atoms with Crippen LogP contribution in [0.1, 0.15) is 45.2 Å². The molecule has 0 spiro atoms. The summed E-state index contributed by atoms with van der Waals surface area (Å²) in [6, 6.07) is 4.79. The van der Waals surface area contributed by atoms with E-state index in [2.05, 4.69) is 35.1 Å². The molecule has 1 aromatic heterocycles. The summed E-state index contributed by atoms with van der Waals surface area (Å²) in [6.45, 7) is 6.45. The average molecular weight is 278 g/mol. The van der Waals surface area contributed by atoms with E-state index < -0.39 is 0 Å². The Labute approximate surface area is 121 Å². The molecule has 0 amide bonds. The number of nitrogens with one attached hydrogen (secondary N) is 1. The van der Waals surface area contributed by atoms with E-state index in [1.54, 1.807) is 0 Å². The third kappa shape index (κ3) is 3.85. The lowest BCUT2D eigenvalue weighted by atomic mass is 9.86. The molecule has 1 aliphatic rings.